The predicted octanol–water partition coefficient (Wildman–Crippen LogP) is 7.10. The molecule has 0 unspecified atom stereocenters. The van der Waals surface area contributed by atoms with E-state index in [-0.39, 0.29) is 18.0 Å². The number of likely N-dealkylation sites (tertiary alicyclic amines) is 1. The van der Waals surface area contributed by atoms with Crippen LogP contribution in [0.3, 0.4) is 0 Å². The Labute approximate surface area is 286 Å². The molecule has 2 N–H and O–H groups in total. The van der Waals surface area contributed by atoms with Crippen molar-refractivity contribution in [3.8, 4) is 0 Å². The zero-order chi connectivity index (χ0) is 33.0. The molecule has 3 atom stereocenters. The van der Waals surface area contributed by atoms with Crippen molar-refractivity contribution in [1.29, 1.82) is 0 Å². The molecule has 0 amide bonds. The maximum Gasteiger partial charge on any atom is 0.306 e. The molecule has 3 heterocycles. The molecule has 258 valence electrons. The molecule has 3 fully saturated rings. The van der Waals surface area contributed by atoms with E-state index in [9.17, 15) is 9.90 Å². The van der Waals surface area contributed by atoms with E-state index in [1.807, 2.05) is 0 Å². The third-order valence-corrected chi connectivity index (χ3v) is 11.8. The molecule has 7 rings (SSSR count). The number of aliphatic carboxylic acids is 1. The van der Waals surface area contributed by atoms with Crippen molar-refractivity contribution >= 4 is 17.7 Å². The largest absolute Gasteiger partial charge is 0.481 e. The van der Waals surface area contributed by atoms with E-state index >= 15 is 0 Å². The van der Waals surface area contributed by atoms with Crippen molar-refractivity contribution in [1.82, 2.24) is 24.6 Å². The lowest BCUT2D eigenvalue weighted by Gasteiger charge is -2.38. The second kappa shape index (κ2) is 15.0. The van der Waals surface area contributed by atoms with Gasteiger partial charge in [-0.1, -0.05) is 43.7 Å². The Morgan fingerprint density at radius 2 is 1.79 bits per heavy atom. The van der Waals surface area contributed by atoms with Gasteiger partial charge in [-0.3, -0.25) is 9.48 Å². The Balaban J connectivity index is 1.21. The Morgan fingerprint density at radius 3 is 2.50 bits per heavy atom. The fourth-order valence-electron chi connectivity index (χ4n) is 8.73. The average molecular weight is 654 g/mol. The van der Waals surface area contributed by atoms with Crippen LogP contribution in [0.15, 0.2) is 42.7 Å². The topological polar surface area (TPSA) is 99.4 Å². The summed E-state index contributed by atoms with van der Waals surface area (Å²) in [5.74, 6) is 2.59. The van der Waals surface area contributed by atoms with Gasteiger partial charge >= 0.3 is 5.97 Å². The summed E-state index contributed by atoms with van der Waals surface area (Å²) in [5.41, 5.74) is 5.06. The Morgan fingerprint density at radius 1 is 1.02 bits per heavy atom. The van der Waals surface area contributed by atoms with E-state index in [0.717, 1.165) is 95.2 Å². The number of aromatic nitrogens is 4. The standard InChI is InChI=1S/C39H55N7O2/c1-3-36(29-14-16-30(17-15-29)38(47)48)44(2)39-42-34-19-18-31(28-10-6-4-7-11-28)22-33(34)37(43-39)41-35(26-45-20-8-5-9-21-45)32-23-40-46(25-32)24-27-12-13-27/h4,6-7,10-11,23,25,27,29-31,35-36H,3,5,8-9,12-22,24,26H2,1-2H3,(H,47,48)(H,41,42,43)/t29?,30?,31-,35+,36-/m1/s1. The van der Waals surface area contributed by atoms with Gasteiger partial charge in [0.15, 0.2) is 0 Å². The zero-order valence-electron chi connectivity index (χ0n) is 29.1. The van der Waals surface area contributed by atoms with Crippen molar-refractivity contribution in [2.45, 2.75) is 115 Å². The summed E-state index contributed by atoms with van der Waals surface area (Å²) in [7, 11) is 2.16. The summed E-state index contributed by atoms with van der Waals surface area (Å²) in [5, 5.41) is 18.5. The van der Waals surface area contributed by atoms with E-state index in [0.29, 0.717) is 11.8 Å². The highest BCUT2D eigenvalue weighted by Crippen LogP contribution is 2.39. The van der Waals surface area contributed by atoms with E-state index in [4.69, 9.17) is 15.1 Å². The van der Waals surface area contributed by atoms with E-state index in [2.05, 4.69) is 76.5 Å². The molecule has 1 aliphatic heterocycles. The highest BCUT2D eigenvalue weighted by molar-refractivity contribution is 5.70. The first-order valence-electron chi connectivity index (χ1n) is 18.9. The SMILES string of the molecule is CC[C@H](C1CCC(C(=O)O)CC1)N(C)c1nc2c(c(N[C@@H](CN3CCCCC3)c3cnn(CC4CC4)c3)n1)C[C@H](c1ccccc1)CC2. The maximum atomic E-state index is 11.7. The van der Waals surface area contributed by atoms with Gasteiger partial charge in [0.05, 0.1) is 23.9 Å². The average Bonchev–Trinajstić information content (AvgIpc) is 3.82. The van der Waals surface area contributed by atoms with Crippen LogP contribution in [0.2, 0.25) is 0 Å². The first kappa shape index (κ1) is 33.1. The van der Waals surface area contributed by atoms with Gasteiger partial charge in [0.1, 0.15) is 5.82 Å². The molecule has 2 aromatic heterocycles. The monoisotopic (exact) mass is 653 g/mol. The number of carboxylic acids is 1. The predicted molar refractivity (Wildman–Crippen MR) is 190 cm³/mol. The van der Waals surface area contributed by atoms with Crippen LogP contribution in [-0.2, 0) is 24.2 Å². The molecular weight excluding hydrogens is 598 g/mol. The number of nitrogens with one attached hydrogen (secondary N) is 1. The summed E-state index contributed by atoms with van der Waals surface area (Å²) in [6.07, 6.45) is 18.2. The van der Waals surface area contributed by atoms with Crippen LogP contribution >= 0.6 is 0 Å². The molecule has 2 saturated carbocycles. The lowest BCUT2D eigenvalue weighted by Crippen LogP contribution is -2.41. The molecule has 1 saturated heterocycles. The number of benzene rings is 1. The number of piperidine rings is 1. The van der Waals surface area contributed by atoms with Gasteiger partial charge in [-0.2, -0.15) is 10.1 Å². The molecule has 9 nitrogen and oxygen atoms in total. The molecule has 1 aromatic carbocycles. The van der Waals surface area contributed by atoms with Gasteiger partial charge in [0, 0.05) is 43.5 Å². The Hall–Kier alpha value is -3.46. The normalized spacial score (nSPS) is 24.4. The fourth-order valence-corrected chi connectivity index (χ4v) is 8.73. The zero-order valence-corrected chi connectivity index (χ0v) is 29.1. The summed E-state index contributed by atoms with van der Waals surface area (Å²) < 4.78 is 2.16. The fraction of sp³-hybridized carbons (Fsp3) is 0.641. The van der Waals surface area contributed by atoms with Crippen LogP contribution in [0.5, 0.6) is 0 Å². The molecule has 3 aromatic rings. The molecular formula is C39H55N7O2. The third kappa shape index (κ3) is 7.72. The summed E-state index contributed by atoms with van der Waals surface area (Å²) in [6.45, 7) is 6.48. The van der Waals surface area contributed by atoms with E-state index < -0.39 is 5.97 Å². The minimum Gasteiger partial charge on any atom is -0.481 e. The molecule has 9 heteroatoms. The number of carbonyl (C=O) groups is 1. The van der Waals surface area contributed by atoms with Crippen LogP contribution < -0.4 is 10.2 Å². The van der Waals surface area contributed by atoms with Gasteiger partial charge in [-0.25, -0.2) is 4.98 Å². The number of anilines is 2. The summed E-state index contributed by atoms with van der Waals surface area (Å²) >= 11 is 0. The van der Waals surface area contributed by atoms with Crippen molar-refractivity contribution < 1.29 is 9.90 Å². The number of rotatable bonds is 13. The van der Waals surface area contributed by atoms with Crippen LogP contribution in [0.25, 0.3) is 0 Å². The molecule has 4 aliphatic rings. The molecule has 3 aliphatic carbocycles. The lowest BCUT2D eigenvalue weighted by molar-refractivity contribution is -0.143. The lowest BCUT2D eigenvalue weighted by atomic mass is 9.77. The van der Waals surface area contributed by atoms with E-state index in [1.165, 1.54) is 54.5 Å². The van der Waals surface area contributed by atoms with Crippen LogP contribution in [-0.4, -0.2) is 68.4 Å². The number of aryl methyl sites for hydroxylation is 1. The minimum atomic E-state index is -0.644. The smallest absolute Gasteiger partial charge is 0.306 e. The molecule has 48 heavy (non-hydrogen) atoms. The van der Waals surface area contributed by atoms with Crippen molar-refractivity contribution in [2.75, 3.05) is 36.9 Å². The van der Waals surface area contributed by atoms with Gasteiger partial charge in [0.25, 0.3) is 0 Å². The Kier molecular flexibility index (Phi) is 10.3. The highest BCUT2D eigenvalue weighted by atomic mass is 16.4. The quantitative estimate of drug-likeness (QED) is 0.202. The van der Waals surface area contributed by atoms with Gasteiger partial charge in [0.2, 0.25) is 5.95 Å². The Bertz CT molecular complexity index is 1510. The van der Waals surface area contributed by atoms with Crippen molar-refractivity contribution in [3.63, 3.8) is 0 Å². The number of fused-ring (bicyclic) bond motifs is 1. The van der Waals surface area contributed by atoms with Gasteiger partial charge in [-0.05, 0) is 113 Å². The second-order valence-electron chi connectivity index (χ2n) is 15.2. The summed E-state index contributed by atoms with van der Waals surface area (Å²) in [4.78, 5) is 27.3. The number of nitrogens with zero attached hydrogens (tertiary/aromatic N) is 6. The number of hydrogen-bond donors (Lipinski definition) is 2. The first-order valence-corrected chi connectivity index (χ1v) is 18.9. The van der Waals surface area contributed by atoms with Crippen LogP contribution in [0.1, 0.15) is 112 Å². The van der Waals surface area contributed by atoms with E-state index in [1.54, 1.807) is 0 Å². The van der Waals surface area contributed by atoms with Gasteiger partial charge in [-0.15, -0.1) is 0 Å². The first-order chi connectivity index (χ1) is 23.4. The highest BCUT2D eigenvalue weighted by Gasteiger charge is 2.34. The van der Waals surface area contributed by atoms with Crippen molar-refractivity contribution in [2.24, 2.45) is 17.8 Å². The van der Waals surface area contributed by atoms with Crippen molar-refractivity contribution in [3.05, 3.63) is 65.1 Å². The molecule has 0 radical (unpaired) electrons. The number of hydrogen-bond acceptors (Lipinski definition) is 7. The van der Waals surface area contributed by atoms with Crippen LogP contribution in [0, 0.1) is 17.8 Å². The molecule has 0 spiro atoms. The van der Waals surface area contributed by atoms with Gasteiger partial charge < -0.3 is 20.2 Å². The maximum absolute atomic E-state index is 11.7. The minimum absolute atomic E-state index is 0.0820. The third-order valence-electron chi connectivity index (χ3n) is 11.8. The second-order valence-corrected chi connectivity index (χ2v) is 15.2. The molecule has 0 bridgehead atoms. The van der Waals surface area contributed by atoms with Crippen LogP contribution in [0.4, 0.5) is 11.8 Å². The number of carboxylic acid groups (broad SMARTS) is 1. The summed E-state index contributed by atoms with van der Waals surface area (Å²) in [6, 6.07) is 11.3.